The van der Waals surface area contributed by atoms with Crippen molar-refractivity contribution in [3.63, 3.8) is 0 Å². The minimum absolute atomic E-state index is 0.0470. The number of aryl methyl sites for hydroxylation is 1. The summed E-state index contributed by atoms with van der Waals surface area (Å²) >= 11 is 1.41. The molecule has 0 bridgehead atoms. The molecule has 4 nitrogen and oxygen atoms in total. The SMILES string of the molecule is Cc1csc(C(=O)N2CC[C@H](S(C)(=O)=O)C2)c1. The Kier molecular flexibility index (Phi) is 3.27. The minimum atomic E-state index is -3.04. The standard InChI is InChI=1S/C11H15NO3S2/c1-8-5-10(16-7-8)11(13)12-4-3-9(6-12)17(2,14)15/h5,7,9H,3-4,6H2,1-2H3/t9-/m0/s1. The van der Waals surface area contributed by atoms with E-state index in [4.69, 9.17) is 0 Å². The molecule has 2 rings (SSSR count). The molecule has 6 heteroatoms. The average molecular weight is 273 g/mol. The number of hydrogen-bond donors (Lipinski definition) is 0. The zero-order valence-electron chi connectivity index (χ0n) is 9.84. The van der Waals surface area contributed by atoms with Gasteiger partial charge in [-0.3, -0.25) is 4.79 Å². The first kappa shape index (κ1) is 12.6. The van der Waals surface area contributed by atoms with Gasteiger partial charge in [-0.2, -0.15) is 0 Å². The summed E-state index contributed by atoms with van der Waals surface area (Å²) in [5, 5.41) is 1.53. The summed E-state index contributed by atoms with van der Waals surface area (Å²) in [5.74, 6) is -0.0470. The molecule has 0 unspecified atom stereocenters. The molecule has 1 aromatic heterocycles. The lowest BCUT2D eigenvalue weighted by Gasteiger charge is -2.14. The van der Waals surface area contributed by atoms with Crippen LogP contribution in [0.1, 0.15) is 21.7 Å². The number of carbonyl (C=O) groups excluding carboxylic acids is 1. The minimum Gasteiger partial charge on any atom is -0.337 e. The van der Waals surface area contributed by atoms with Crippen molar-refractivity contribution in [3.8, 4) is 0 Å². The van der Waals surface area contributed by atoms with Gasteiger partial charge in [-0.25, -0.2) is 8.42 Å². The Morgan fingerprint density at radius 1 is 1.53 bits per heavy atom. The lowest BCUT2D eigenvalue weighted by molar-refractivity contribution is 0.0798. The Balaban J connectivity index is 2.09. The van der Waals surface area contributed by atoms with Gasteiger partial charge in [-0.1, -0.05) is 0 Å². The van der Waals surface area contributed by atoms with Gasteiger partial charge in [0, 0.05) is 19.3 Å². The smallest absolute Gasteiger partial charge is 0.263 e. The van der Waals surface area contributed by atoms with Crippen LogP contribution in [0.25, 0.3) is 0 Å². The quantitative estimate of drug-likeness (QED) is 0.816. The van der Waals surface area contributed by atoms with E-state index in [2.05, 4.69) is 0 Å². The topological polar surface area (TPSA) is 54.5 Å². The number of hydrogen-bond acceptors (Lipinski definition) is 4. The molecule has 0 aliphatic carbocycles. The monoisotopic (exact) mass is 273 g/mol. The molecule has 1 aromatic rings. The van der Waals surface area contributed by atoms with E-state index in [9.17, 15) is 13.2 Å². The van der Waals surface area contributed by atoms with Crippen molar-refractivity contribution in [2.75, 3.05) is 19.3 Å². The van der Waals surface area contributed by atoms with Crippen molar-refractivity contribution in [3.05, 3.63) is 21.9 Å². The highest BCUT2D eigenvalue weighted by molar-refractivity contribution is 7.91. The van der Waals surface area contributed by atoms with Crippen LogP contribution >= 0.6 is 11.3 Å². The predicted octanol–water partition coefficient (Wildman–Crippen LogP) is 1.32. The zero-order chi connectivity index (χ0) is 12.6. The molecule has 1 aliphatic rings. The van der Waals surface area contributed by atoms with E-state index in [1.807, 2.05) is 18.4 Å². The van der Waals surface area contributed by atoms with Crippen LogP contribution in [0.3, 0.4) is 0 Å². The maximum Gasteiger partial charge on any atom is 0.263 e. The first-order chi connectivity index (χ1) is 7.88. The fraction of sp³-hybridized carbons (Fsp3) is 0.545. The molecule has 0 aromatic carbocycles. The van der Waals surface area contributed by atoms with Crippen molar-refractivity contribution < 1.29 is 13.2 Å². The summed E-state index contributed by atoms with van der Waals surface area (Å²) < 4.78 is 22.8. The summed E-state index contributed by atoms with van der Waals surface area (Å²) in [6.45, 7) is 2.80. The van der Waals surface area contributed by atoms with E-state index in [0.29, 0.717) is 24.4 Å². The molecule has 1 aliphatic heterocycles. The number of sulfone groups is 1. The molecule has 1 atom stereocenters. The molecule has 0 saturated carbocycles. The van der Waals surface area contributed by atoms with Crippen LogP contribution in [0, 0.1) is 6.92 Å². The molecule has 2 heterocycles. The van der Waals surface area contributed by atoms with Gasteiger partial charge < -0.3 is 4.90 Å². The Hall–Kier alpha value is -0.880. The molecule has 17 heavy (non-hydrogen) atoms. The second-order valence-corrected chi connectivity index (χ2v) is 7.72. The van der Waals surface area contributed by atoms with Gasteiger partial charge in [0.15, 0.2) is 9.84 Å². The van der Waals surface area contributed by atoms with Gasteiger partial charge in [-0.05, 0) is 30.4 Å². The number of amides is 1. The third-order valence-corrected chi connectivity index (χ3v) is 5.61. The van der Waals surface area contributed by atoms with Crippen LogP contribution < -0.4 is 0 Å². The van der Waals surface area contributed by atoms with Crippen molar-refractivity contribution in [1.82, 2.24) is 4.90 Å². The van der Waals surface area contributed by atoms with E-state index < -0.39 is 15.1 Å². The molecular formula is C11H15NO3S2. The number of likely N-dealkylation sites (tertiary alicyclic amines) is 1. The number of nitrogens with zero attached hydrogens (tertiary/aromatic N) is 1. The van der Waals surface area contributed by atoms with Gasteiger partial charge in [0.05, 0.1) is 10.1 Å². The van der Waals surface area contributed by atoms with E-state index >= 15 is 0 Å². The first-order valence-corrected chi connectivity index (χ1v) is 8.24. The van der Waals surface area contributed by atoms with Gasteiger partial charge in [0.25, 0.3) is 5.91 Å². The van der Waals surface area contributed by atoms with Gasteiger partial charge in [0.2, 0.25) is 0 Å². The van der Waals surface area contributed by atoms with Crippen molar-refractivity contribution in [1.29, 1.82) is 0 Å². The second-order valence-electron chi connectivity index (χ2n) is 4.48. The summed E-state index contributed by atoms with van der Waals surface area (Å²) in [5.41, 5.74) is 1.07. The van der Waals surface area contributed by atoms with Gasteiger partial charge >= 0.3 is 0 Å². The highest BCUT2D eigenvalue weighted by Crippen LogP contribution is 2.21. The highest BCUT2D eigenvalue weighted by Gasteiger charge is 2.33. The molecular weight excluding hydrogens is 258 g/mol. The summed E-state index contributed by atoms with van der Waals surface area (Å²) in [6.07, 6.45) is 1.79. The fourth-order valence-electron chi connectivity index (χ4n) is 1.96. The Morgan fingerprint density at radius 3 is 2.71 bits per heavy atom. The zero-order valence-corrected chi connectivity index (χ0v) is 11.5. The van der Waals surface area contributed by atoms with Crippen LogP contribution in [0.2, 0.25) is 0 Å². The molecule has 1 fully saturated rings. The largest absolute Gasteiger partial charge is 0.337 e. The lowest BCUT2D eigenvalue weighted by atomic mass is 10.3. The Labute approximate surface area is 105 Å². The van der Waals surface area contributed by atoms with Crippen LogP contribution in [0.4, 0.5) is 0 Å². The molecule has 0 radical (unpaired) electrons. The van der Waals surface area contributed by atoms with Crippen molar-refractivity contribution in [2.24, 2.45) is 0 Å². The van der Waals surface area contributed by atoms with Crippen LogP contribution in [-0.4, -0.2) is 43.8 Å². The summed E-state index contributed by atoms with van der Waals surface area (Å²) in [6, 6.07) is 1.85. The second kappa shape index (κ2) is 4.42. The van der Waals surface area contributed by atoms with Crippen LogP contribution in [0.15, 0.2) is 11.4 Å². The Bertz CT molecular complexity index is 533. The molecule has 1 amide bonds. The van der Waals surface area contributed by atoms with E-state index in [1.165, 1.54) is 17.6 Å². The molecule has 0 spiro atoms. The third kappa shape index (κ3) is 2.69. The van der Waals surface area contributed by atoms with E-state index in [0.717, 1.165) is 5.56 Å². The first-order valence-electron chi connectivity index (χ1n) is 5.41. The fourth-order valence-corrected chi connectivity index (χ4v) is 3.81. The average Bonchev–Trinajstić information content (AvgIpc) is 2.83. The lowest BCUT2D eigenvalue weighted by Crippen LogP contribution is -2.31. The predicted molar refractivity (Wildman–Crippen MR) is 68.2 cm³/mol. The molecule has 0 N–H and O–H groups in total. The van der Waals surface area contributed by atoms with Gasteiger partial charge in [-0.15, -0.1) is 11.3 Å². The van der Waals surface area contributed by atoms with Crippen LogP contribution in [0.5, 0.6) is 0 Å². The summed E-state index contributed by atoms with van der Waals surface area (Å²) in [4.78, 5) is 14.4. The number of thiophene rings is 1. The van der Waals surface area contributed by atoms with Crippen LogP contribution in [-0.2, 0) is 9.84 Å². The Morgan fingerprint density at radius 2 is 2.24 bits per heavy atom. The highest BCUT2D eigenvalue weighted by atomic mass is 32.2. The third-order valence-electron chi connectivity index (χ3n) is 2.98. The molecule has 94 valence electrons. The van der Waals surface area contributed by atoms with Gasteiger partial charge in [0.1, 0.15) is 0 Å². The van der Waals surface area contributed by atoms with Crippen molar-refractivity contribution >= 4 is 27.1 Å². The maximum atomic E-state index is 12.1. The normalized spacial score (nSPS) is 20.8. The molecule has 1 saturated heterocycles. The summed E-state index contributed by atoms with van der Waals surface area (Å²) in [7, 11) is -3.04. The van der Waals surface area contributed by atoms with Crippen molar-refractivity contribution in [2.45, 2.75) is 18.6 Å². The van der Waals surface area contributed by atoms with E-state index in [-0.39, 0.29) is 5.91 Å². The number of carbonyl (C=O) groups is 1. The maximum absolute atomic E-state index is 12.1. The number of rotatable bonds is 2. The van der Waals surface area contributed by atoms with E-state index in [1.54, 1.807) is 4.90 Å².